The van der Waals surface area contributed by atoms with Crippen LogP contribution in [0.3, 0.4) is 0 Å². The molecule has 0 unspecified atom stereocenters. The predicted octanol–water partition coefficient (Wildman–Crippen LogP) is 4.17. The second-order valence-electron chi connectivity index (χ2n) is 5.09. The minimum Gasteiger partial charge on any atom is -0.228 e. The summed E-state index contributed by atoms with van der Waals surface area (Å²) in [6.45, 7) is 10.9. The Morgan fingerprint density at radius 1 is 1.00 bits per heavy atom. The van der Waals surface area contributed by atoms with Crippen molar-refractivity contribution in [1.29, 1.82) is 0 Å². The average molecular weight is 240 g/mol. The maximum Gasteiger partial charge on any atom is 0.155 e. The van der Waals surface area contributed by atoms with E-state index in [1.807, 2.05) is 0 Å². The number of thiazole rings is 2. The van der Waals surface area contributed by atoms with Gasteiger partial charge < -0.3 is 0 Å². The largest absolute Gasteiger partial charge is 0.228 e. The summed E-state index contributed by atoms with van der Waals surface area (Å²) in [7, 11) is 0. The van der Waals surface area contributed by atoms with Gasteiger partial charge >= 0.3 is 0 Å². The molecule has 2 heterocycles. The molecule has 2 aromatic rings. The molecule has 0 spiro atoms. The molecule has 0 saturated carbocycles. The van der Waals surface area contributed by atoms with Crippen molar-refractivity contribution >= 4 is 32.3 Å². The number of hydrogen-bond donors (Lipinski definition) is 0. The molecule has 2 aromatic heterocycles. The predicted molar refractivity (Wildman–Crippen MR) is 68.1 cm³/mol. The van der Waals surface area contributed by atoms with Crippen LogP contribution in [0.15, 0.2) is 0 Å². The zero-order valence-electron chi connectivity index (χ0n) is 9.79. The van der Waals surface area contributed by atoms with E-state index in [0.717, 1.165) is 9.66 Å². The van der Waals surface area contributed by atoms with Crippen molar-refractivity contribution in [3.63, 3.8) is 0 Å². The molecule has 4 heteroatoms. The number of rotatable bonds is 1. The fourth-order valence-electron chi connectivity index (χ4n) is 1.22. The molecule has 0 saturated heterocycles. The van der Waals surface area contributed by atoms with Crippen LogP contribution in [0.25, 0.3) is 9.66 Å². The molecule has 82 valence electrons. The monoisotopic (exact) mass is 240 g/mol. The van der Waals surface area contributed by atoms with Crippen molar-refractivity contribution in [1.82, 2.24) is 9.97 Å². The molecule has 0 atom stereocenters. The van der Waals surface area contributed by atoms with E-state index in [1.54, 1.807) is 22.7 Å². The molecule has 0 amide bonds. The Morgan fingerprint density at radius 2 is 1.60 bits per heavy atom. The van der Waals surface area contributed by atoms with Crippen LogP contribution in [0, 0.1) is 0 Å². The number of hydrogen-bond acceptors (Lipinski definition) is 4. The summed E-state index contributed by atoms with van der Waals surface area (Å²) >= 11 is 3.46. The van der Waals surface area contributed by atoms with E-state index >= 15 is 0 Å². The molecular formula is C11H16N2S2. The summed E-state index contributed by atoms with van der Waals surface area (Å²) in [6, 6.07) is 0. The van der Waals surface area contributed by atoms with E-state index in [0.29, 0.717) is 5.92 Å². The quantitative estimate of drug-likeness (QED) is 0.747. The Bertz CT molecular complexity index is 443. The maximum atomic E-state index is 4.66. The highest BCUT2D eigenvalue weighted by Gasteiger charge is 2.21. The Balaban J connectivity index is 2.47. The lowest BCUT2D eigenvalue weighted by Gasteiger charge is -2.13. The lowest BCUT2D eigenvalue weighted by molar-refractivity contribution is 0.587. The molecule has 0 bridgehead atoms. The molecule has 0 aromatic carbocycles. The molecule has 2 nitrogen and oxygen atoms in total. The molecule has 15 heavy (non-hydrogen) atoms. The second-order valence-corrected chi connectivity index (χ2v) is 7.07. The summed E-state index contributed by atoms with van der Waals surface area (Å²) in [4.78, 5) is 11.5. The van der Waals surface area contributed by atoms with Gasteiger partial charge in [-0.3, -0.25) is 0 Å². The Kier molecular flexibility index (Phi) is 2.59. The fourth-order valence-corrected chi connectivity index (χ4v) is 3.33. The van der Waals surface area contributed by atoms with E-state index in [4.69, 9.17) is 0 Å². The van der Waals surface area contributed by atoms with Gasteiger partial charge in [0.05, 0.1) is 5.01 Å². The minimum atomic E-state index is 0.142. The van der Waals surface area contributed by atoms with Crippen LogP contribution in [0.4, 0.5) is 0 Å². The van der Waals surface area contributed by atoms with Crippen LogP contribution in [-0.2, 0) is 5.41 Å². The van der Waals surface area contributed by atoms with Gasteiger partial charge in [0.25, 0.3) is 0 Å². The van der Waals surface area contributed by atoms with E-state index in [1.165, 1.54) is 10.0 Å². The van der Waals surface area contributed by atoms with Crippen LogP contribution in [0.1, 0.15) is 50.6 Å². The Labute approximate surface area is 98.4 Å². The molecule has 0 N–H and O–H groups in total. The molecule has 0 aliphatic carbocycles. The van der Waals surface area contributed by atoms with Crippen molar-refractivity contribution in [3.8, 4) is 0 Å². The van der Waals surface area contributed by atoms with Crippen LogP contribution in [-0.4, -0.2) is 9.97 Å². The van der Waals surface area contributed by atoms with Crippen molar-refractivity contribution in [3.05, 3.63) is 10.0 Å². The second kappa shape index (κ2) is 3.52. The molecule has 0 radical (unpaired) electrons. The molecule has 0 fully saturated rings. The van der Waals surface area contributed by atoms with Crippen LogP contribution >= 0.6 is 22.7 Å². The van der Waals surface area contributed by atoms with Crippen molar-refractivity contribution in [2.24, 2.45) is 0 Å². The third-order valence-corrected chi connectivity index (χ3v) is 4.88. The van der Waals surface area contributed by atoms with Crippen LogP contribution < -0.4 is 0 Å². The SMILES string of the molecule is CC(C)c1nc2sc(C(C)(C)C)nc2s1. The zero-order chi connectivity index (χ0) is 11.2. The normalized spacial score (nSPS) is 12.9. The van der Waals surface area contributed by atoms with Crippen molar-refractivity contribution < 1.29 is 0 Å². The smallest absolute Gasteiger partial charge is 0.155 e. The van der Waals surface area contributed by atoms with E-state index in [-0.39, 0.29) is 5.41 Å². The topological polar surface area (TPSA) is 25.8 Å². The summed E-state index contributed by atoms with van der Waals surface area (Å²) in [5.41, 5.74) is 0.142. The summed E-state index contributed by atoms with van der Waals surface area (Å²) < 4.78 is 0. The maximum absolute atomic E-state index is 4.66. The summed E-state index contributed by atoms with van der Waals surface area (Å²) in [6.07, 6.45) is 0. The van der Waals surface area contributed by atoms with E-state index in [2.05, 4.69) is 44.6 Å². The lowest BCUT2D eigenvalue weighted by atomic mass is 9.98. The highest BCUT2D eigenvalue weighted by molar-refractivity contribution is 7.26. The minimum absolute atomic E-state index is 0.142. The zero-order valence-corrected chi connectivity index (χ0v) is 11.4. The standard InChI is InChI=1S/C11H16N2S2/c1-6(2)7-12-8-9(14-7)13-10(15-8)11(3,4)5/h6H,1-5H3. The Morgan fingerprint density at radius 3 is 2.07 bits per heavy atom. The first-order valence-electron chi connectivity index (χ1n) is 5.15. The number of fused-ring (bicyclic) bond motifs is 1. The van der Waals surface area contributed by atoms with E-state index in [9.17, 15) is 0 Å². The Hall–Kier alpha value is -0.480. The highest BCUT2D eigenvalue weighted by atomic mass is 32.1. The molecule has 0 aliphatic rings. The van der Waals surface area contributed by atoms with Gasteiger partial charge in [-0.05, 0) is 0 Å². The number of aromatic nitrogens is 2. The first-order valence-corrected chi connectivity index (χ1v) is 6.79. The highest BCUT2D eigenvalue weighted by Crippen LogP contribution is 2.35. The lowest BCUT2D eigenvalue weighted by Crippen LogP contribution is -2.09. The fraction of sp³-hybridized carbons (Fsp3) is 0.636. The average Bonchev–Trinajstić information content (AvgIpc) is 2.55. The van der Waals surface area contributed by atoms with Gasteiger partial charge in [0.1, 0.15) is 5.01 Å². The van der Waals surface area contributed by atoms with E-state index < -0.39 is 0 Å². The first kappa shape index (κ1) is 11.0. The van der Waals surface area contributed by atoms with Gasteiger partial charge in [0, 0.05) is 11.3 Å². The van der Waals surface area contributed by atoms with Gasteiger partial charge in [-0.1, -0.05) is 57.3 Å². The van der Waals surface area contributed by atoms with Crippen LogP contribution in [0.5, 0.6) is 0 Å². The molecule has 2 rings (SSSR count). The van der Waals surface area contributed by atoms with Gasteiger partial charge in [-0.25, -0.2) is 9.97 Å². The van der Waals surface area contributed by atoms with Gasteiger partial charge in [0.2, 0.25) is 0 Å². The van der Waals surface area contributed by atoms with Crippen LogP contribution in [0.2, 0.25) is 0 Å². The summed E-state index contributed by atoms with van der Waals surface area (Å²) in [5, 5.41) is 2.38. The molecular weight excluding hydrogens is 224 g/mol. The van der Waals surface area contributed by atoms with Crippen molar-refractivity contribution in [2.45, 2.75) is 46.0 Å². The third kappa shape index (κ3) is 2.06. The van der Waals surface area contributed by atoms with Gasteiger partial charge in [-0.2, -0.15) is 0 Å². The number of nitrogens with zero attached hydrogens (tertiary/aromatic N) is 2. The van der Waals surface area contributed by atoms with Gasteiger partial charge in [0.15, 0.2) is 9.66 Å². The van der Waals surface area contributed by atoms with Crippen molar-refractivity contribution in [2.75, 3.05) is 0 Å². The molecule has 0 aliphatic heterocycles. The van der Waals surface area contributed by atoms with Gasteiger partial charge in [-0.15, -0.1) is 0 Å². The third-order valence-electron chi connectivity index (χ3n) is 2.13. The first-order chi connectivity index (χ1) is 6.88. The summed E-state index contributed by atoms with van der Waals surface area (Å²) in [5.74, 6) is 0.509.